The van der Waals surface area contributed by atoms with Crippen LogP contribution in [-0.2, 0) is 16.6 Å². The number of benzene rings is 2. The van der Waals surface area contributed by atoms with E-state index in [0.29, 0.717) is 11.1 Å². The van der Waals surface area contributed by atoms with Crippen molar-refractivity contribution in [2.45, 2.75) is 18.4 Å². The van der Waals surface area contributed by atoms with Crippen LogP contribution >= 0.6 is 0 Å². The highest BCUT2D eigenvalue weighted by molar-refractivity contribution is 7.89. The summed E-state index contributed by atoms with van der Waals surface area (Å²) in [6, 6.07) is 10.9. The van der Waals surface area contributed by atoms with Crippen molar-refractivity contribution in [3.63, 3.8) is 0 Å². The summed E-state index contributed by atoms with van der Waals surface area (Å²) in [5, 5.41) is 10.3. The molecule has 2 aromatic carbocycles. The van der Waals surface area contributed by atoms with E-state index in [1.165, 1.54) is 18.2 Å². The zero-order valence-corrected chi connectivity index (χ0v) is 14.7. The molecule has 0 bridgehead atoms. The maximum atomic E-state index is 12.3. The molecular formula is C17H19N3O4S. The third-order valence-corrected chi connectivity index (χ3v) is 4.59. The molecule has 0 aliphatic carbocycles. The van der Waals surface area contributed by atoms with Gasteiger partial charge in [0.2, 0.25) is 10.0 Å². The van der Waals surface area contributed by atoms with Crippen LogP contribution in [0.4, 0.5) is 0 Å². The molecule has 2 amide bonds. The van der Waals surface area contributed by atoms with Crippen LogP contribution in [0.25, 0.3) is 0 Å². The van der Waals surface area contributed by atoms with Crippen molar-refractivity contribution in [2.75, 3.05) is 7.05 Å². The van der Waals surface area contributed by atoms with Gasteiger partial charge in [-0.05, 0) is 42.3 Å². The van der Waals surface area contributed by atoms with Gasteiger partial charge in [-0.1, -0.05) is 18.2 Å². The molecule has 0 fully saturated rings. The standard InChI is InChI=1S/C17H19N3O4S/c1-11-3-8-14(25(18,23)24)9-15(11)17(22)20-10-12-4-6-13(7-5-12)16(21)19-2/h3-9H,10H2,1-2H3,(H,19,21)(H,20,22)(H2,18,23,24). The van der Waals surface area contributed by atoms with Crippen molar-refractivity contribution in [3.05, 3.63) is 64.7 Å². The summed E-state index contributed by atoms with van der Waals surface area (Å²) in [5.74, 6) is -0.593. The molecule has 25 heavy (non-hydrogen) atoms. The van der Waals surface area contributed by atoms with Crippen LogP contribution in [0.15, 0.2) is 47.4 Å². The van der Waals surface area contributed by atoms with E-state index in [0.717, 1.165) is 5.56 Å². The molecule has 8 heteroatoms. The van der Waals surface area contributed by atoms with Gasteiger partial charge >= 0.3 is 0 Å². The maximum absolute atomic E-state index is 12.3. The van der Waals surface area contributed by atoms with Crippen molar-refractivity contribution in [1.82, 2.24) is 10.6 Å². The molecule has 0 aliphatic heterocycles. The lowest BCUT2D eigenvalue weighted by atomic mass is 10.1. The Balaban J connectivity index is 2.11. The van der Waals surface area contributed by atoms with Crippen molar-refractivity contribution >= 4 is 21.8 Å². The van der Waals surface area contributed by atoms with Gasteiger partial charge in [0.25, 0.3) is 11.8 Å². The molecule has 0 saturated heterocycles. The van der Waals surface area contributed by atoms with E-state index in [9.17, 15) is 18.0 Å². The Hall–Kier alpha value is -2.71. The number of hydrogen-bond donors (Lipinski definition) is 3. The largest absolute Gasteiger partial charge is 0.355 e. The van der Waals surface area contributed by atoms with Gasteiger partial charge in [-0.2, -0.15) is 0 Å². The number of sulfonamides is 1. The van der Waals surface area contributed by atoms with E-state index in [-0.39, 0.29) is 22.9 Å². The van der Waals surface area contributed by atoms with Gasteiger partial charge in [-0.15, -0.1) is 0 Å². The van der Waals surface area contributed by atoms with E-state index in [1.54, 1.807) is 38.2 Å². The smallest absolute Gasteiger partial charge is 0.251 e. The highest BCUT2D eigenvalue weighted by Crippen LogP contribution is 2.15. The minimum Gasteiger partial charge on any atom is -0.355 e. The number of carbonyl (C=O) groups is 2. The Morgan fingerprint density at radius 1 is 1.04 bits per heavy atom. The zero-order chi connectivity index (χ0) is 18.6. The van der Waals surface area contributed by atoms with Crippen molar-refractivity contribution < 1.29 is 18.0 Å². The summed E-state index contributed by atoms with van der Waals surface area (Å²) in [6.07, 6.45) is 0. The summed E-state index contributed by atoms with van der Waals surface area (Å²) in [4.78, 5) is 23.7. The monoisotopic (exact) mass is 361 g/mol. The third kappa shape index (κ3) is 4.65. The number of amides is 2. The van der Waals surface area contributed by atoms with Crippen LogP contribution in [0.3, 0.4) is 0 Å². The Bertz CT molecular complexity index is 906. The fraction of sp³-hybridized carbons (Fsp3) is 0.176. The molecule has 0 saturated carbocycles. The first-order valence-electron chi connectivity index (χ1n) is 7.45. The van der Waals surface area contributed by atoms with Crippen LogP contribution < -0.4 is 15.8 Å². The third-order valence-electron chi connectivity index (χ3n) is 3.68. The second-order valence-corrected chi connectivity index (χ2v) is 7.04. The molecule has 2 rings (SSSR count). The SMILES string of the molecule is CNC(=O)c1ccc(CNC(=O)c2cc(S(N)(=O)=O)ccc2C)cc1. The normalized spacial score (nSPS) is 11.0. The topological polar surface area (TPSA) is 118 Å². The predicted molar refractivity (Wildman–Crippen MR) is 93.6 cm³/mol. The van der Waals surface area contributed by atoms with Gasteiger partial charge < -0.3 is 10.6 Å². The van der Waals surface area contributed by atoms with E-state index < -0.39 is 15.9 Å². The summed E-state index contributed by atoms with van der Waals surface area (Å²) >= 11 is 0. The van der Waals surface area contributed by atoms with Crippen LogP contribution in [0.5, 0.6) is 0 Å². The van der Waals surface area contributed by atoms with Gasteiger partial charge in [0.1, 0.15) is 0 Å². The fourth-order valence-corrected chi connectivity index (χ4v) is 2.76. The van der Waals surface area contributed by atoms with Gasteiger partial charge in [0, 0.05) is 24.7 Å². The minimum atomic E-state index is -3.88. The lowest BCUT2D eigenvalue weighted by molar-refractivity contribution is 0.0945. The van der Waals surface area contributed by atoms with E-state index in [1.807, 2.05) is 0 Å². The Kier molecular flexibility index (Phi) is 5.55. The molecule has 0 aliphatic rings. The predicted octanol–water partition coefficient (Wildman–Crippen LogP) is 0.932. The van der Waals surface area contributed by atoms with Crippen LogP contribution in [0.2, 0.25) is 0 Å². The van der Waals surface area contributed by atoms with Crippen molar-refractivity contribution in [2.24, 2.45) is 5.14 Å². The molecule has 0 aromatic heterocycles. The molecule has 0 radical (unpaired) electrons. The van der Waals surface area contributed by atoms with Crippen molar-refractivity contribution in [1.29, 1.82) is 0 Å². The van der Waals surface area contributed by atoms with Crippen LogP contribution in [0, 0.1) is 6.92 Å². The van der Waals surface area contributed by atoms with Crippen molar-refractivity contribution in [3.8, 4) is 0 Å². The Morgan fingerprint density at radius 2 is 1.68 bits per heavy atom. The van der Waals surface area contributed by atoms with Gasteiger partial charge in [0.15, 0.2) is 0 Å². The number of aryl methyl sites for hydroxylation is 1. The molecule has 132 valence electrons. The van der Waals surface area contributed by atoms with Crippen LogP contribution in [0.1, 0.15) is 31.8 Å². The van der Waals surface area contributed by atoms with Gasteiger partial charge in [0.05, 0.1) is 4.90 Å². The zero-order valence-electron chi connectivity index (χ0n) is 13.9. The molecule has 2 aromatic rings. The van der Waals surface area contributed by atoms with Gasteiger partial charge in [-0.25, -0.2) is 13.6 Å². The number of rotatable bonds is 5. The first-order valence-corrected chi connectivity index (χ1v) is 8.99. The maximum Gasteiger partial charge on any atom is 0.251 e. The second-order valence-electron chi connectivity index (χ2n) is 5.48. The Labute approximate surface area is 146 Å². The molecule has 7 nitrogen and oxygen atoms in total. The summed E-state index contributed by atoms with van der Waals surface area (Å²) < 4.78 is 22.8. The fourth-order valence-electron chi connectivity index (χ4n) is 2.22. The molecule has 0 unspecified atom stereocenters. The minimum absolute atomic E-state index is 0.113. The average Bonchev–Trinajstić information content (AvgIpc) is 2.58. The van der Waals surface area contributed by atoms with Gasteiger partial charge in [-0.3, -0.25) is 9.59 Å². The Morgan fingerprint density at radius 3 is 2.24 bits per heavy atom. The van der Waals surface area contributed by atoms with E-state index in [2.05, 4.69) is 10.6 Å². The summed E-state index contributed by atoms with van der Waals surface area (Å²) in [6.45, 7) is 1.95. The van der Waals surface area contributed by atoms with E-state index in [4.69, 9.17) is 5.14 Å². The number of carbonyl (C=O) groups excluding carboxylic acids is 2. The summed E-state index contributed by atoms with van der Waals surface area (Å²) in [5.41, 5.74) is 2.21. The number of primary sulfonamides is 1. The number of nitrogens with one attached hydrogen (secondary N) is 2. The average molecular weight is 361 g/mol. The number of hydrogen-bond acceptors (Lipinski definition) is 4. The molecule has 0 atom stereocenters. The molecular weight excluding hydrogens is 342 g/mol. The number of nitrogens with two attached hydrogens (primary N) is 1. The first-order chi connectivity index (χ1) is 11.7. The molecule has 4 N–H and O–H groups in total. The highest BCUT2D eigenvalue weighted by Gasteiger charge is 2.14. The first kappa shape index (κ1) is 18.6. The molecule has 0 spiro atoms. The lowest BCUT2D eigenvalue weighted by Gasteiger charge is -2.10. The quantitative estimate of drug-likeness (QED) is 0.734. The summed E-state index contributed by atoms with van der Waals surface area (Å²) in [7, 11) is -2.33. The van der Waals surface area contributed by atoms with E-state index >= 15 is 0 Å². The van der Waals surface area contributed by atoms with Crippen LogP contribution in [-0.4, -0.2) is 27.3 Å². The molecule has 0 heterocycles. The lowest BCUT2D eigenvalue weighted by Crippen LogP contribution is -2.24. The second kappa shape index (κ2) is 7.45. The highest BCUT2D eigenvalue weighted by atomic mass is 32.2.